The maximum absolute atomic E-state index is 6.06. The van der Waals surface area contributed by atoms with Gasteiger partial charge in [-0.05, 0) is 11.4 Å². The van der Waals surface area contributed by atoms with Crippen LogP contribution in [-0.4, -0.2) is 0 Å². The smallest absolute Gasteiger partial charge is 0.143 e. The third-order valence-corrected chi connectivity index (χ3v) is 4.74. The summed E-state index contributed by atoms with van der Waals surface area (Å²) in [5.41, 5.74) is 1.99. The van der Waals surface area contributed by atoms with Crippen LogP contribution in [0.4, 0.5) is 0 Å². The lowest BCUT2D eigenvalue weighted by Gasteiger charge is -2.02. The molecule has 4 aromatic rings. The molecule has 96 valence electrons. The van der Waals surface area contributed by atoms with Gasteiger partial charge in [-0.25, -0.2) is 0 Å². The number of benzene rings is 3. The normalized spacial score (nSPS) is 11.8. The van der Waals surface area contributed by atoms with Crippen LogP contribution in [0.3, 0.4) is 0 Å². The molecule has 0 aliphatic rings. The lowest BCUT2D eigenvalue weighted by molar-refractivity contribution is 0.671. The Bertz CT molecular complexity index is 878. The largest absolute Gasteiger partial charge is 0.455 e. The minimum absolute atomic E-state index is 0.622. The summed E-state index contributed by atoms with van der Waals surface area (Å²) in [7, 11) is 0.622. The Morgan fingerprint density at radius 2 is 1.40 bits per heavy atom. The quantitative estimate of drug-likeness (QED) is 0.500. The third-order valence-electron chi connectivity index (χ3n) is 3.46. The van der Waals surface area contributed by atoms with E-state index in [0.29, 0.717) is 8.58 Å². The number of hydrogen-bond donors (Lipinski definition) is 0. The first-order chi connectivity index (χ1) is 9.92. The molecule has 4 rings (SSSR count). The highest BCUT2D eigenvalue weighted by atomic mass is 31.1. The van der Waals surface area contributed by atoms with Gasteiger partial charge < -0.3 is 4.42 Å². The summed E-state index contributed by atoms with van der Waals surface area (Å²) in [6.45, 7) is 0. The molecule has 1 aromatic heterocycles. The van der Waals surface area contributed by atoms with Gasteiger partial charge >= 0.3 is 0 Å². The first-order valence-electron chi connectivity index (χ1n) is 6.64. The number of hydrogen-bond acceptors (Lipinski definition) is 1. The van der Waals surface area contributed by atoms with E-state index in [1.165, 1.54) is 21.4 Å². The molecule has 2 heteroatoms. The van der Waals surface area contributed by atoms with Gasteiger partial charge in [0.05, 0.1) is 0 Å². The standard InChI is InChI=1S/C18H13OP/c1-2-7-13(8-3-1)20-17-12-6-10-15-14-9-4-5-11-16(14)19-18(15)17/h1-12,20H. The molecule has 1 unspecified atom stereocenters. The SMILES string of the molecule is c1ccc(Pc2cccc3c2oc2ccccc23)cc1. The average Bonchev–Trinajstić information content (AvgIpc) is 2.88. The van der Waals surface area contributed by atoms with E-state index in [1.807, 2.05) is 12.1 Å². The van der Waals surface area contributed by atoms with Crippen molar-refractivity contribution in [1.29, 1.82) is 0 Å². The molecular weight excluding hydrogens is 263 g/mol. The van der Waals surface area contributed by atoms with E-state index < -0.39 is 0 Å². The summed E-state index contributed by atoms with van der Waals surface area (Å²) in [5.74, 6) is 0. The van der Waals surface area contributed by atoms with Gasteiger partial charge in [0, 0.05) is 16.1 Å². The monoisotopic (exact) mass is 276 g/mol. The topological polar surface area (TPSA) is 13.1 Å². The van der Waals surface area contributed by atoms with Crippen molar-refractivity contribution >= 4 is 41.1 Å². The minimum atomic E-state index is 0.622. The number of furan rings is 1. The maximum atomic E-state index is 6.06. The van der Waals surface area contributed by atoms with Crippen LogP contribution in [0.15, 0.2) is 77.2 Å². The van der Waals surface area contributed by atoms with Crippen molar-refractivity contribution in [3.8, 4) is 0 Å². The molecule has 0 aliphatic heterocycles. The lowest BCUT2D eigenvalue weighted by atomic mass is 10.1. The molecule has 0 bridgehead atoms. The molecule has 1 nitrogen and oxygen atoms in total. The fourth-order valence-electron chi connectivity index (χ4n) is 2.52. The van der Waals surface area contributed by atoms with E-state index >= 15 is 0 Å². The average molecular weight is 276 g/mol. The van der Waals surface area contributed by atoms with Crippen molar-refractivity contribution in [2.24, 2.45) is 0 Å². The minimum Gasteiger partial charge on any atom is -0.455 e. The number of fused-ring (bicyclic) bond motifs is 3. The molecule has 20 heavy (non-hydrogen) atoms. The van der Waals surface area contributed by atoms with Gasteiger partial charge in [-0.2, -0.15) is 0 Å². The molecule has 0 spiro atoms. The highest BCUT2D eigenvalue weighted by Gasteiger charge is 2.10. The van der Waals surface area contributed by atoms with E-state index in [2.05, 4.69) is 60.7 Å². The Balaban J connectivity index is 1.91. The van der Waals surface area contributed by atoms with Crippen LogP contribution in [0.25, 0.3) is 21.9 Å². The highest BCUT2D eigenvalue weighted by Crippen LogP contribution is 2.29. The Morgan fingerprint density at radius 1 is 0.650 bits per heavy atom. The maximum Gasteiger partial charge on any atom is 0.143 e. The van der Waals surface area contributed by atoms with Crippen molar-refractivity contribution < 1.29 is 4.42 Å². The van der Waals surface area contributed by atoms with Crippen molar-refractivity contribution in [2.75, 3.05) is 0 Å². The summed E-state index contributed by atoms with van der Waals surface area (Å²) in [5, 5.41) is 5.01. The summed E-state index contributed by atoms with van der Waals surface area (Å²) >= 11 is 0. The van der Waals surface area contributed by atoms with Gasteiger partial charge in [0.25, 0.3) is 0 Å². The van der Waals surface area contributed by atoms with Crippen LogP contribution in [0.5, 0.6) is 0 Å². The van der Waals surface area contributed by atoms with Gasteiger partial charge in [-0.15, -0.1) is 0 Å². The molecule has 0 fully saturated rings. The van der Waals surface area contributed by atoms with Crippen molar-refractivity contribution in [1.82, 2.24) is 0 Å². The van der Waals surface area contributed by atoms with Gasteiger partial charge in [-0.3, -0.25) is 0 Å². The number of para-hydroxylation sites is 2. The second-order valence-electron chi connectivity index (χ2n) is 4.77. The molecule has 0 N–H and O–H groups in total. The van der Waals surface area contributed by atoms with Crippen LogP contribution < -0.4 is 10.6 Å². The lowest BCUT2D eigenvalue weighted by Crippen LogP contribution is -2.02. The third kappa shape index (κ3) is 1.92. The fraction of sp³-hybridized carbons (Fsp3) is 0. The first-order valence-corrected chi connectivity index (χ1v) is 7.64. The Kier molecular flexibility index (Phi) is 2.79. The van der Waals surface area contributed by atoms with E-state index in [1.54, 1.807) is 0 Å². The zero-order valence-electron chi connectivity index (χ0n) is 10.8. The van der Waals surface area contributed by atoms with Crippen LogP contribution in [-0.2, 0) is 0 Å². The molecule has 1 heterocycles. The van der Waals surface area contributed by atoms with Gasteiger partial charge in [0.15, 0.2) is 0 Å². The zero-order chi connectivity index (χ0) is 13.4. The molecule has 0 amide bonds. The highest BCUT2D eigenvalue weighted by molar-refractivity contribution is 7.56. The predicted molar refractivity (Wildman–Crippen MR) is 87.7 cm³/mol. The van der Waals surface area contributed by atoms with Crippen LogP contribution >= 0.6 is 8.58 Å². The summed E-state index contributed by atoms with van der Waals surface area (Å²) in [4.78, 5) is 0. The second-order valence-corrected chi connectivity index (χ2v) is 6.14. The van der Waals surface area contributed by atoms with Crippen molar-refractivity contribution in [2.45, 2.75) is 0 Å². The van der Waals surface area contributed by atoms with Gasteiger partial charge in [0.1, 0.15) is 11.2 Å². The van der Waals surface area contributed by atoms with Crippen LogP contribution in [0.2, 0.25) is 0 Å². The molecule has 0 saturated carbocycles. The van der Waals surface area contributed by atoms with E-state index in [-0.39, 0.29) is 0 Å². The van der Waals surface area contributed by atoms with Gasteiger partial charge in [0.2, 0.25) is 0 Å². The first kappa shape index (κ1) is 11.7. The second kappa shape index (κ2) is 4.77. The summed E-state index contributed by atoms with van der Waals surface area (Å²) in [6, 6.07) is 25.2. The van der Waals surface area contributed by atoms with Crippen LogP contribution in [0.1, 0.15) is 0 Å². The molecular formula is C18H13OP. The Hall–Kier alpha value is -2.11. The number of rotatable bonds is 2. The fourth-order valence-corrected chi connectivity index (χ4v) is 3.67. The molecule has 1 atom stereocenters. The van der Waals surface area contributed by atoms with E-state index in [9.17, 15) is 0 Å². The predicted octanol–water partition coefficient (Wildman–Crippen LogP) is 4.22. The molecule has 0 radical (unpaired) electrons. The Labute approximate surface area is 119 Å². The zero-order valence-corrected chi connectivity index (χ0v) is 11.8. The molecule has 0 aliphatic carbocycles. The van der Waals surface area contributed by atoms with E-state index in [0.717, 1.165) is 11.2 Å². The van der Waals surface area contributed by atoms with Crippen molar-refractivity contribution in [3.05, 3.63) is 72.8 Å². The summed E-state index contributed by atoms with van der Waals surface area (Å²) in [6.07, 6.45) is 0. The van der Waals surface area contributed by atoms with Crippen LogP contribution in [0, 0.1) is 0 Å². The summed E-state index contributed by atoms with van der Waals surface area (Å²) < 4.78 is 6.06. The Morgan fingerprint density at radius 3 is 2.30 bits per heavy atom. The molecule has 0 saturated heterocycles. The van der Waals surface area contributed by atoms with Crippen molar-refractivity contribution in [3.63, 3.8) is 0 Å². The van der Waals surface area contributed by atoms with E-state index in [4.69, 9.17) is 4.42 Å². The molecule has 3 aromatic carbocycles. The van der Waals surface area contributed by atoms with Gasteiger partial charge in [-0.1, -0.05) is 75.3 Å².